The number of hydrogen-bond donors (Lipinski definition) is 0. The van der Waals surface area contributed by atoms with E-state index in [9.17, 15) is 0 Å². The first kappa shape index (κ1) is 16.2. The summed E-state index contributed by atoms with van der Waals surface area (Å²) in [4.78, 5) is 0. The summed E-state index contributed by atoms with van der Waals surface area (Å²) in [6.07, 6.45) is 14.4. The predicted octanol–water partition coefficient (Wildman–Crippen LogP) is 5.58. The standard InChI is InChI=1S/C12H23.2ClH.In/c1-3-5-7-9-11-12-10-8-6-4-2;;;/h1,3H,4-12H2,2H3;2*1H;/q;;;+2/p-2. The second kappa shape index (κ2) is 13.3. The van der Waals surface area contributed by atoms with Crippen LogP contribution < -0.4 is 0 Å². The zero-order chi connectivity index (χ0) is 11.4. The zero-order valence-corrected chi connectivity index (χ0v) is 14.7. The van der Waals surface area contributed by atoms with Crippen molar-refractivity contribution in [3.8, 4) is 0 Å². The van der Waals surface area contributed by atoms with Crippen molar-refractivity contribution in [2.24, 2.45) is 0 Å². The number of unbranched alkanes of at least 4 members (excludes halogenated alkanes) is 8. The predicted molar refractivity (Wildman–Crippen MR) is 73.8 cm³/mol. The number of allylic oxidation sites excluding steroid dienone is 1. The third-order valence-corrected chi connectivity index (χ3v) is 6.06. The summed E-state index contributed by atoms with van der Waals surface area (Å²) in [5, 5.41) is 0. The second-order valence-corrected chi connectivity index (χ2v) is 14.8. The molecule has 0 unspecified atom stereocenters. The third kappa shape index (κ3) is 15.2. The molecule has 0 amide bonds. The van der Waals surface area contributed by atoms with Gasteiger partial charge in [0.2, 0.25) is 0 Å². The first-order chi connectivity index (χ1) is 7.27. The number of hydrogen-bond acceptors (Lipinski definition) is 0. The van der Waals surface area contributed by atoms with Crippen LogP contribution in [0.5, 0.6) is 0 Å². The van der Waals surface area contributed by atoms with E-state index in [4.69, 9.17) is 17.2 Å². The van der Waals surface area contributed by atoms with Crippen LogP contribution >= 0.6 is 17.2 Å². The van der Waals surface area contributed by atoms with Gasteiger partial charge in [0.25, 0.3) is 0 Å². The molecule has 0 aliphatic rings. The van der Waals surface area contributed by atoms with Crippen LogP contribution in [-0.2, 0) is 0 Å². The van der Waals surface area contributed by atoms with Crippen LogP contribution in [0.3, 0.4) is 0 Å². The molecule has 0 atom stereocenters. The van der Waals surface area contributed by atoms with Gasteiger partial charge in [0.15, 0.2) is 0 Å². The number of halogens is 2. The van der Waals surface area contributed by atoms with Crippen LogP contribution in [0.1, 0.15) is 64.7 Å². The van der Waals surface area contributed by atoms with E-state index < -0.39 is 19.1 Å². The van der Waals surface area contributed by atoms with Gasteiger partial charge >= 0.3 is 111 Å². The van der Waals surface area contributed by atoms with Gasteiger partial charge < -0.3 is 0 Å². The molecule has 88 valence electrons. The molecule has 0 aliphatic carbocycles. The Hall–Kier alpha value is 1.19. The summed E-state index contributed by atoms with van der Waals surface area (Å²) in [5.41, 5.74) is 0. The molecule has 0 saturated heterocycles. The van der Waals surface area contributed by atoms with E-state index in [0.29, 0.717) is 0 Å². The van der Waals surface area contributed by atoms with Crippen LogP contribution in [0.2, 0.25) is 0 Å². The van der Waals surface area contributed by atoms with Gasteiger partial charge in [-0.25, -0.2) is 0 Å². The van der Waals surface area contributed by atoms with E-state index in [2.05, 4.69) is 16.8 Å². The van der Waals surface area contributed by atoms with E-state index in [-0.39, 0.29) is 0 Å². The van der Waals surface area contributed by atoms with Crippen LogP contribution in [-0.4, -0.2) is 19.1 Å². The molecule has 0 aromatic rings. The SMILES string of the molecule is CCCCCCCCCC/C=[CH]/[In]([Cl])[Cl]. The zero-order valence-electron chi connectivity index (χ0n) is 9.85. The fourth-order valence-electron chi connectivity index (χ4n) is 1.60. The second-order valence-electron chi connectivity index (χ2n) is 4.03. The maximum absolute atomic E-state index is 5.78. The summed E-state index contributed by atoms with van der Waals surface area (Å²) in [6.45, 7) is 2.26. The van der Waals surface area contributed by atoms with Crippen molar-refractivity contribution in [2.75, 3.05) is 0 Å². The summed E-state index contributed by atoms with van der Waals surface area (Å²) >= 11 is -2.07. The van der Waals surface area contributed by atoms with Gasteiger partial charge in [0.1, 0.15) is 0 Å². The van der Waals surface area contributed by atoms with Crippen LogP contribution in [0, 0.1) is 0 Å². The quantitative estimate of drug-likeness (QED) is 0.450. The van der Waals surface area contributed by atoms with E-state index in [0.717, 1.165) is 0 Å². The molecule has 0 aliphatic heterocycles. The molecule has 0 N–H and O–H groups in total. The first-order valence-electron chi connectivity index (χ1n) is 6.22. The van der Waals surface area contributed by atoms with Crippen LogP contribution in [0.4, 0.5) is 0 Å². The topological polar surface area (TPSA) is 0 Å². The molecule has 0 nitrogen and oxygen atoms in total. The van der Waals surface area contributed by atoms with Crippen molar-refractivity contribution in [1.29, 1.82) is 0 Å². The van der Waals surface area contributed by atoms with E-state index in [1.165, 1.54) is 57.8 Å². The Labute approximate surface area is 110 Å². The third-order valence-electron chi connectivity index (χ3n) is 2.51. The molecular formula is C12H23Cl2In. The summed E-state index contributed by atoms with van der Waals surface area (Å²) < 4.78 is 2.06. The molecular weight excluding hydrogens is 330 g/mol. The maximum atomic E-state index is 5.78. The monoisotopic (exact) mass is 352 g/mol. The van der Waals surface area contributed by atoms with Gasteiger partial charge in [0.05, 0.1) is 0 Å². The Kier molecular flexibility index (Phi) is 14.3. The summed E-state index contributed by atoms with van der Waals surface area (Å²) in [6, 6.07) is 0. The Morgan fingerprint density at radius 1 is 0.867 bits per heavy atom. The summed E-state index contributed by atoms with van der Waals surface area (Å²) in [5.74, 6) is 0. The van der Waals surface area contributed by atoms with Crippen molar-refractivity contribution in [3.63, 3.8) is 0 Å². The molecule has 0 radical (unpaired) electrons. The van der Waals surface area contributed by atoms with Crippen molar-refractivity contribution in [2.45, 2.75) is 64.7 Å². The van der Waals surface area contributed by atoms with Crippen LogP contribution in [0.25, 0.3) is 0 Å². The van der Waals surface area contributed by atoms with E-state index in [1.54, 1.807) is 0 Å². The van der Waals surface area contributed by atoms with Gasteiger partial charge in [-0.05, 0) is 0 Å². The molecule has 0 bridgehead atoms. The molecule has 0 heterocycles. The van der Waals surface area contributed by atoms with Gasteiger partial charge in [-0.2, -0.15) is 0 Å². The van der Waals surface area contributed by atoms with E-state index in [1.807, 2.05) is 0 Å². The molecule has 3 heteroatoms. The van der Waals surface area contributed by atoms with Crippen molar-refractivity contribution in [1.82, 2.24) is 0 Å². The van der Waals surface area contributed by atoms with Gasteiger partial charge in [-0.15, -0.1) is 0 Å². The normalized spacial score (nSPS) is 11.1. The van der Waals surface area contributed by atoms with Crippen molar-refractivity contribution < 1.29 is 0 Å². The average molecular weight is 353 g/mol. The van der Waals surface area contributed by atoms with Crippen molar-refractivity contribution >= 4 is 36.2 Å². The molecule has 0 spiro atoms. The van der Waals surface area contributed by atoms with Crippen LogP contribution in [0.15, 0.2) is 9.91 Å². The minimum absolute atomic E-state index is 1.17. The Balaban J connectivity index is 2.99. The summed E-state index contributed by atoms with van der Waals surface area (Å²) in [7, 11) is 11.6. The molecule has 0 saturated carbocycles. The molecule has 15 heavy (non-hydrogen) atoms. The fourth-order valence-corrected chi connectivity index (χ4v) is 4.11. The molecule has 0 aromatic carbocycles. The Morgan fingerprint density at radius 2 is 1.40 bits per heavy atom. The fraction of sp³-hybridized carbons (Fsp3) is 0.833. The van der Waals surface area contributed by atoms with Crippen molar-refractivity contribution in [3.05, 3.63) is 9.91 Å². The minimum atomic E-state index is -2.07. The first-order valence-corrected chi connectivity index (χ1v) is 16.5. The molecule has 0 fully saturated rings. The van der Waals surface area contributed by atoms with Gasteiger partial charge in [-0.3, -0.25) is 0 Å². The Morgan fingerprint density at radius 3 is 1.93 bits per heavy atom. The Bertz CT molecular complexity index is 147. The molecule has 0 aromatic heterocycles. The average Bonchev–Trinajstić information content (AvgIpc) is 2.20. The number of rotatable bonds is 10. The molecule has 0 rings (SSSR count). The van der Waals surface area contributed by atoms with Gasteiger partial charge in [0, 0.05) is 0 Å². The van der Waals surface area contributed by atoms with E-state index >= 15 is 0 Å². The van der Waals surface area contributed by atoms with Gasteiger partial charge in [-0.1, -0.05) is 0 Å².